The highest BCUT2D eigenvalue weighted by Crippen LogP contribution is 2.38. The number of hydrogen-bond donors (Lipinski definition) is 1. The van der Waals surface area contributed by atoms with E-state index in [2.05, 4.69) is 4.74 Å². The van der Waals surface area contributed by atoms with Crippen molar-refractivity contribution in [2.45, 2.75) is 11.6 Å². The van der Waals surface area contributed by atoms with Gasteiger partial charge in [-0.2, -0.15) is 0 Å². The van der Waals surface area contributed by atoms with Gasteiger partial charge in [0.2, 0.25) is 0 Å². The largest absolute Gasteiger partial charge is 0.469 e. The highest BCUT2D eigenvalue weighted by atomic mass is 16.6. The first-order valence-electron chi connectivity index (χ1n) is 4.25. The van der Waals surface area contributed by atoms with Crippen molar-refractivity contribution >= 4 is 5.97 Å². The number of nitrogens with two attached hydrogens (primary N) is 1. The molecule has 0 aromatic carbocycles. The van der Waals surface area contributed by atoms with Crippen LogP contribution in [0, 0.1) is 5.92 Å². The zero-order valence-corrected chi connectivity index (χ0v) is 7.49. The van der Waals surface area contributed by atoms with Crippen LogP contribution < -0.4 is 5.73 Å². The lowest BCUT2D eigenvalue weighted by atomic mass is 9.83. The van der Waals surface area contributed by atoms with Crippen molar-refractivity contribution in [3.05, 3.63) is 0 Å². The minimum Gasteiger partial charge on any atom is -0.469 e. The van der Waals surface area contributed by atoms with Crippen LogP contribution in [-0.4, -0.2) is 44.5 Å². The number of rotatable bonds is 1. The monoisotopic (exact) mass is 187 g/mol. The summed E-state index contributed by atoms with van der Waals surface area (Å²) in [5.41, 5.74) is 5.27. The molecule has 13 heavy (non-hydrogen) atoms. The third kappa shape index (κ3) is 1.15. The van der Waals surface area contributed by atoms with Gasteiger partial charge in [0.05, 0.1) is 26.9 Å². The highest BCUT2D eigenvalue weighted by Gasteiger charge is 2.57. The van der Waals surface area contributed by atoms with E-state index in [0.717, 1.165) is 0 Å². The number of hydrogen-bond acceptors (Lipinski definition) is 5. The molecule has 2 rings (SSSR count). The van der Waals surface area contributed by atoms with Crippen molar-refractivity contribution in [2.24, 2.45) is 11.7 Å². The second kappa shape index (κ2) is 2.94. The van der Waals surface area contributed by atoms with Crippen LogP contribution in [0.1, 0.15) is 0 Å². The third-order valence-electron chi connectivity index (χ3n) is 2.71. The Morgan fingerprint density at radius 1 is 1.62 bits per heavy atom. The Labute approximate surface area is 76.1 Å². The number of esters is 1. The molecule has 5 heteroatoms. The van der Waals surface area contributed by atoms with Gasteiger partial charge in [0, 0.05) is 6.04 Å². The Hall–Kier alpha value is -0.650. The number of carbonyl (C=O) groups is 1. The molecule has 2 fully saturated rings. The fourth-order valence-corrected chi connectivity index (χ4v) is 1.92. The molecule has 2 saturated heterocycles. The first-order chi connectivity index (χ1) is 6.19. The first kappa shape index (κ1) is 8.93. The highest BCUT2D eigenvalue weighted by molar-refractivity contribution is 5.75. The van der Waals surface area contributed by atoms with E-state index < -0.39 is 5.60 Å². The van der Waals surface area contributed by atoms with Crippen molar-refractivity contribution in [2.75, 3.05) is 26.9 Å². The van der Waals surface area contributed by atoms with Crippen LogP contribution in [0.3, 0.4) is 0 Å². The van der Waals surface area contributed by atoms with Crippen LogP contribution in [0.15, 0.2) is 0 Å². The summed E-state index contributed by atoms with van der Waals surface area (Å²) in [5.74, 6) is -0.667. The Balaban J connectivity index is 2.16. The van der Waals surface area contributed by atoms with E-state index in [1.165, 1.54) is 7.11 Å². The van der Waals surface area contributed by atoms with E-state index in [-0.39, 0.29) is 17.9 Å². The van der Waals surface area contributed by atoms with E-state index >= 15 is 0 Å². The molecule has 2 atom stereocenters. The maximum atomic E-state index is 11.4. The van der Waals surface area contributed by atoms with Gasteiger partial charge >= 0.3 is 5.97 Å². The van der Waals surface area contributed by atoms with Crippen molar-refractivity contribution in [3.63, 3.8) is 0 Å². The molecular weight excluding hydrogens is 174 g/mol. The second-order valence-corrected chi connectivity index (χ2v) is 3.53. The summed E-state index contributed by atoms with van der Waals surface area (Å²) in [4.78, 5) is 11.4. The molecule has 1 spiro atoms. The van der Waals surface area contributed by atoms with Crippen LogP contribution in [0.4, 0.5) is 0 Å². The molecule has 0 aromatic heterocycles. The number of carbonyl (C=O) groups excluding carboxylic acids is 1. The van der Waals surface area contributed by atoms with Gasteiger partial charge in [-0.25, -0.2) is 0 Å². The molecule has 5 nitrogen and oxygen atoms in total. The van der Waals surface area contributed by atoms with Gasteiger partial charge in [-0.3, -0.25) is 4.79 Å². The zero-order chi connectivity index (χ0) is 9.47. The standard InChI is InChI=1S/C8H13NO4/c1-11-7(10)6-5(9)2-13-8(6)3-12-4-8/h5-6H,2-4,9H2,1H3. The average Bonchev–Trinajstić information content (AvgIpc) is 2.41. The van der Waals surface area contributed by atoms with Crippen molar-refractivity contribution in [3.8, 4) is 0 Å². The van der Waals surface area contributed by atoms with E-state index in [1.807, 2.05) is 0 Å². The summed E-state index contributed by atoms with van der Waals surface area (Å²) >= 11 is 0. The van der Waals surface area contributed by atoms with Crippen LogP contribution >= 0.6 is 0 Å². The summed E-state index contributed by atoms with van der Waals surface area (Å²) in [7, 11) is 1.36. The van der Waals surface area contributed by atoms with E-state index in [0.29, 0.717) is 19.8 Å². The fourth-order valence-electron chi connectivity index (χ4n) is 1.92. The lowest BCUT2D eigenvalue weighted by Crippen LogP contribution is -2.58. The molecule has 0 aromatic rings. The summed E-state index contributed by atoms with van der Waals surface area (Å²) in [6.07, 6.45) is 0. The van der Waals surface area contributed by atoms with E-state index in [1.54, 1.807) is 0 Å². The topological polar surface area (TPSA) is 70.8 Å². The van der Waals surface area contributed by atoms with Gasteiger partial charge in [-0.05, 0) is 0 Å². The lowest BCUT2D eigenvalue weighted by Gasteiger charge is -2.40. The molecule has 0 saturated carbocycles. The van der Waals surface area contributed by atoms with Crippen LogP contribution in [0.5, 0.6) is 0 Å². The summed E-state index contributed by atoms with van der Waals surface area (Å²) in [5, 5.41) is 0. The minimum absolute atomic E-state index is 0.267. The van der Waals surface area contributed by atoms with Crippen molar-refractivity contribution in [1.29, 1.82) is 0 Å². The van der Waals surface area contributed by atoms with Gasteiger partial charge in [0.1, 0.15) is 11.5 Å². The first-order valence-corrected chi connectivity index (χ1v) is 4.25. The maximum absolute atomic E-state index is 11.4. The molecule has 74 valence electrons. The number of methoxy groups -OCH3 is 1. The van der Waals surface area contributed by atoms with Gasteiger partial charge in [0.15, 0.2) is 0 Å². The Morgan fingerprint density at radius 3 is 2.77 bits per heavy atom. The van der Waals surface area contributed by atoms with Gasteiger partial charge in [0.25, 0.3) is 0 Å². The normalized spacial score (nSPS) is 35.8. The van der Waals surface area contributed by atoms with Crippen molar-refractivity contribution < 1.29 is 19.0 Å². The average molecular weight is 187 g/mol. The SMILES string of the molecule is COC(=O)C1C(N)COC12COC2. The molecule has 0 radical (unpaired) electrons. The van der Waals surface area contributed by atoms with Gasteiger partial charge < -0.3 is 19.9 Å². The van der Waals surface area contributed by atoms with Crippen molar-refractivity contribution in [1.82, 2.24) is 0 Å². The van der Waals surface area contributed by atoms with Gasteiger partial charge in [-0.1, -0.05) is 0 Å². The molecule has 2 aliphatic heterocycles. The summed E-state index contributed by atoms with van der Waals surface area (Å²) in [6, 6.07) is -0.267. The molecular formula is C8H13NO4. The smallest absolute Gasteiger partial charge is 0.313 e. The minimum atomic E-state index is -0.494. The van der Waals surface area contributed by atoms with Crippen LogP contribution in [0.2, 0.25) is 0 Å². The Kier molecular flexibility index (Phi) is 2.02. The summed E-state index contributed by atoms with van der Waals surface area (Å²) < 4.78 is 15.2. The zero-order valence-electron chi connectivity index (χ0n) is 7.49. The fraction of sp³-hybridized carbons (Fsp3) is 0.875. The van der Waals surface area contributed by atoms with Gasteiger partial charge in [-0.15, -0.1) is 0 Å². The molecule has 0 amide bonds. The summed E-state index contributed by atoms with van der Waals surface area (Å²) in [6.45, 7) is 1.30. The number of ether oxygens (including phenoxy) is 3. The maximum Gasteiger partial charge on any atom is 0.313 e. The molecule has 2 unspecified atom stereocenters. The molecule has 2 heterocycles. The predicted octanol–water partition coefficient (Wildman–Crippen LogP) is -1.10. The predicted molar refractivity (Wildman–Crippen MR) is 43.0 cm³/mol. The lowest BCUT2D eigenvalue weighted by molar-refractivity contribution is -0.209. The third-order valence-corrected chi connectivity index (χ3v) is 2.71. The van der Waals surface area contributed by atoms with Crippen LogP contribution in [0.25, 0.3) is 0 Å². The van der Waals surface area contributed by atoms with E-state index in [9.17, 15) is 4.79 Å². The Morgan fingerprint density at radius 2 is 2.31 bits per heavy atom. The second-order valence-electron chi connectivity index (χ2n) is 3.53. The molecule has 0 bridgehead atoms. The molecule has 2 aliphatic rings. The molecule has 0 aliphatic carbocycles. The quantitative estimate of drug-likeness (QED) is 0.528. The van der Waals surface area contributed by atoms with Crippen LogP contribution in [-0.2, 0) is 19.0 Å². The molecule has 2 N–H and O–H groups in total. The van der Waals surface area contributed by atoms with E-state index in [4.69, 9.17) is 15.2 Å². The Bertz CT molecular complexity index is 226.